The highest BCUT2D eigenvalue weighted by Crippen LogP contribution is 2.30. The third kappa shape index (κ3) is 3.73. The average Bonchev–Trinajstić information content (AvgIpc) is 3.27. The summed E-state index contributed by atoms with van der Waals surface area (Å²) >= 11 is 0. The van der Waals surface area contributed by atoms with Crippen molar-refractivity contribution in [1.29, 1.82) is 0 Å². The lowest BCUT2D eigenvalue weighted by molar-refractivity contribution is 0.0953. The Morgan fingerprint density at radius 1 is 1.25 bits per heavy atom. The largest absolute Gasteiger partial charge is 0.352 e. The highest BCUT2D eigenvalue weighted by atomic mass is 32.2. The fourth-order valence-corrected chi connectivity index (χ4v) is 4.50. The zero-order valence-electron chi connectivity index (χ0n) is 15.6. The average molecular weight is 398 g/mol. The first-order valence-corrected chi connectivity index (χ1v) is 11.1. The molecule has 0 saturated carbocycles. The summed E-state index contributed by atoms with van der Waals surface area (Å²) in [5.41, 5.74) is 4.08. The van der Waals surface area contributed by atoms with E-state index >= 15 is 0 Å². The molecule has 2 N–H and O–H groups in total. The Bertz CT molecular complexity index is 1100. The van der Waals surface area contributed by atoms with E-state index in [-0.39, 0.29) is 5.91 Å². The molecule has 1 aliphatic rings. The molecule has 0 spiro atoms. The van der Waals surface area contributed by atoms with Crippen LogP contribution in [0.4, 0.5) is 5.69 Å². The topological polar surface area (TPSA) is 95.2 Å². The van der Waals surface area contributed by atoms with E-state index in [0.29, 0.717) is 30.8 Å². The Balaban J connectivity index is 1.33. The van der Waals surface area contributed by atoms with E-state index < -0.39 is 10.0 Å². The van der Waals surface area contributed by atoms with Crippen LogP contribution in [0.1, 0.15) is 28.2 Å². The smallest absolute Gasteiger partial charge is 0.251 e. The van der Waals surface area contributed by atoms with Gasteiger partial charge in [-0.1, -0.05) is 12.1 Å². The number of anilines is 1. The molecule has 0 bridgehead atoms. The molecule has 0 unspecified atom stereocenters. The lowest BCUT2D eigenvalue weighted by Gasteiger charge is -2.16. The number of imidazole rings is 1. The number of aromatic nitrogens is 2. The number of carbonyl (C=O) groups is 1. The van der Waals surface area contributed by atoms with Crippen molar-refractivity contribution in [3.63, 3.8) is 0 Å². The summed E-state index contributed by atoms with van der Waals surface area (Å²) in [7, 11) is -3.28. The van der Waals surface area contributed by atoms with Crippen molar-refractivity contribution in [2.45, 2.75) is 19.3 Å². The zero-order chi connectivity index (χ0) is 19.7. The summed E-state index contributed by atoms with van der Waals surface area (Å²) in [6.45, 7) is 0.971. The van der Waals surface area contributed by atoms with Crippen molar-refractivity contribution in [3.8, 4) is 0 Å². The number of nitrogens with zero attached hydrogens (tertiary/aromatic N) is 2. The van der Waals surface area contributed by atoms with Crippen molar-refractivity contribution in [2.75, 3.05) is 23.7 Å². The summed E-state index contributed by atoms with van der Waals surface area (Å²) in [6, 6.07) is 13.1. The number of sulfonamides is 1. The van der Waals surface area contributed by atoms with Gasteiger partial charge in [-0.25, -0.2) is 13.4 Å². The Hall–Kier alpha value is -2.87. The van der Waals surface area contributed by atoms with Crippen LogP contribution in [0.5, 0.6) is 0 Å². The van der Waals surface area contributed by atoms with Crippen LogP contribution >= 0.6 is 0 Å². The molecule has 1 aromatic heterocycles. The van der Waals surface area contributed by atoms with E-state index in [4.69, 9.17) is 0 Å². The first-order chi connectivity index (χ1) is 13.4. The molecule has 7 nitrogen and oxygen atoms in total. The number of benzene rings is 2. The van der Waals surface area contributed by atoms with Gasteiger partial charge in [0.15, 0.2) is 0 Å². The van der Waals surface area contributed by atoms with Crippen LogP contribution in [0.15, 0.2) is 42.5 Å². The molecule has 4 rings (SSSR count). The molecule has 2 aromatic carbocycles. The Kier molecular flexibility index (Phi) is 4.80. The minimum absolute atomic E-state index is 0.148. The minimum atomic E-state index is -3.28. The number of nitrogens with one attached hydrogen (secondary N) is 2. The quantitative estimate of drug-likeness (QED) is 0.623. The molecule has 0 radical (unpaired) electrons. The molecule has 1 amide bonds. The number of para-hydroxylation sites is 2. The van der Waals surface area contributed by atoms with Gasteiger partial charge in [0.1, 0.15) is 5.82 Å². The summed E-state index contributed by atoms with van der Waals surface area (Å²) in [5.74, 6) is 0.763. The molecule has 3 aromatic rings. The van der Waals surface area contributed by atoms with E-state index in [1.54, 1.807) is 18.2 Å². The number of rotatable bonds is 6. The van der Waals surface area contributed by atoms with Crippen molar-refractivity contribution in [1.82, 2.24) is 15.3 Å². The van der Waals surface area contributed by atoms with Crippen LogP contribution in [0, 0.1) is 0 Å². The number of hydrogen-bond donors (Lipinski definition) is 2. The van der Waals surface area contributed by atoms with E-state index in [1.807, 2.05) is 24.3 Å². The number of carbonyl (C=O) groups excluding carboxylic acids is 1. The number of hydrogen-bond acceptors (Lipinski definition) is 4. The molecule has 146 valence electrons. The molecule has 0 fully saturated rings. The third-order valence-electron chi connectivity index (χ3n) is 4.91. The van der Waals surface area contributed by atoms with Gasteiger partial charge >= 0.3 is 0 Å². The zero-order valence-corrected chi connectivity index (χ0v) is 16.4. The van der Waals surface area contributed by atoms with Gasteiger partial charge in [0.25, 0.3) is 5.91 Å². The Morgan fingerprint density at radius 2 is 2.07 bits per heavy atom. The van der Waals surface area contributed by atoms with Crippen LogP contribution < -0.4 is 9.62 Å². The third-order valence-corrected chi connectivity index (χ3v) is 6.09. The fourth-order valence-electron chi connectivity index (χ4n) is 3.54. The lowest BCUT2D eigenvalue weighted by Crippen LogP contribution is -2.27. The maximum Gasteiger partial charge on any atom is 0.251 e. The Morgan fingerprint density at radius 3 is 2.86 bits per heavy atom. The highest BCUT2D eigenvalue weighted by Gasteiger charge is 2.26. The van der Waals surface area contributed by atoms with E-state index in [1.165, 1.54) is 10.6 Å². The summed E-state index contributed by atoms with van der Waals surface area (Å²) in [5, 5.41) is 2.92. The SMILES string of the molecule is CS(=O)(=O)N1CCc2cc(C(=O)NCCCc3nc4ccccc4[nH]3)ccc21. The molecule has 2 heterocycles. The first-order valence-electron chi connectivity index (χ1n) is 9.24. The molecule has 0 atom stereocenters. The number of fused-ring (bicyclic) bond motifs is 2. The van der Waals surface area contributed by atoms with Crippen molar-refractivity contribution in [2.24, 2.45) is 0 Å². The second-order valence-corrected chi connectivity index (χ2v) is 8.90. The number of H-pyrrole nitrogens is 1. The van der Waals surface area contributed by atoms with E-state index in [2.05, 4.69) is 15.3 Å². The van der Waals surface area contributed by atoms with Crippen LogP contribution in [0.2, 0.25) is 0 Å². The lowest BCUT2D eigenvalue weighted by atomic mass is 10.1. The van der Waals surface area contributed by atoms with Gasteiger partial charge in [0, 0.05) is 25.1 Å². The van der Waals surface area contributed by atoms with Gasteiger partial charge < -0.3 is 10.3 Å². The predicted molar refractivity (Wildman–Crippen MR) is 109 cm³/mol. The second kappa shape index (κ2) is 7.27. The van der Waals surface area contributed by atoms with Crippen LogP contribution in [0.3, 0.4) is 0 Å². The number of amides is 1. The number of aromatic amines is 1. The van der Waals surface area contributed by atoms with Gasteiger partial charge in [-0.3, -0.25) is 9.10 Å². The van der Waals surface area contributed by atoms with Crippen LogP contribution in [-0.4, -0.2) is 43.6 Å². The van der Waals surface area contributed by atoms with Gasteiger partial charge in [-0.15, -0.1) is 0 Å². The summed E-state index contributed by atoms with van der Waals surface area (Å²) in [4.78, 5) is 20.2. The molecule has 8 heteroatoms. The monoisotopic (exact) mass is 398 g/mol. The van der Waals surface area contributed by atoms with Gasteiger partial charge in [-0.2, -0.15) is 0 Å². The molecule has 0 aliphatic carbocycles. The molecule has 1 aliphatic heterocycles. The van der Waals surface area contributed by atoms with E-state index in [9.17, 15) is 13.2 Å². The minimum Gasteiger partial charge on any atom is -0.352 e. The molecule has 28 heavy (non-hydrogen) atoms. The van der Waals surface area contributed by atoms with Crippen LogP contribution in [0.25, 0.3) is 11.0 Å². The Labute approximate surface area is 163 Å². The normalized spacial score (nSPS) is 13.7. The van der Waals surface area contributed by atoms with Crippen molar-refractivity contribution >= 4 is 32.7 Å². The summed E-state index contributed by atoms with van der Waals surface area (Å²) < 4.78 is 25.0. The van der Waals surface area contributed by atoms with Crippen molar-refractivity contribution < 1.29 is 13.2 Å². The van der Waals surface area contributed by atoms with Crippen molar-refractivity contribution in [3.05, 3.63) is 59.4 Å². The molecule has 0 saturated heterocycles. The molecular weight excluding hydrogens is 376 g/mol. The second-order valence-electron chi connectivity index (χ2n) is 6.99. The van der Waals surface area contributed by atoms with Gasteiger partial charge in [0.05, 0.1) is 23.0 Å². The van der Waals surface area contributed by atoms with Gasteiger partial charge in [0.2, 0.25) is 10.0 Å². The first kappa shape index (κ1) is 18.5. The van der Waals surface area contributed by atoms with Gasteiger partial charge in [-0.05, 0) is 48.7 Å². The standard InChI is InChI=1S/C20H22N4O3S/c1-28(26,27)24-12-10-14-13-15(8-9-18(14)24)20(25)21-11-4-7-19-22-16-5-2-3-6-17(16)23-19/h2-3,5-6,8-9,13H,4,7,10-12H2,1H3,(H,21,25)(H,22,23). The molecular formula is C20H22N4O3S. The maximum atomic E-state index is 12.4. The predicted octanol–water partition coefficient (Wildman–Crippen LogP) is 2.25. The number of aryl methyl sites for hydroxylation is 1. The maximum absolute atomic E-state index is 12.4. The summed E-state index contributed by atoms with van der Waals surface area (Å²) in [6.07, 6.45) is 3.35. The van der Waals surface area contributed by atoms with Crippen LogP contribution in [-0.2, 0) is 22.9 Å². The fraction of sp³-hybridized carbons (Fsp3) is 0.300. The highest BCUT2D eigenvalue weighted by molar-refractivity contribution is 7.92. The van der Waals surface area contributed by atoms with E-state index in [0.717, 1.165) is 35.3 Å².